The van der Waals surface area contributed by atoms with Gasteiger partial charge in [0.05, 0.1) is 11.5 Å². The Morgan fingerprint density at radius 1 is 1.07 bits per heavy atom. The molecule has 1 amide bonds. The van der Waals surface area contributed by atoms with Gasteiger partial charge in [0.2, 0.25) is 0 Å². The number of hydrogen-bond donors (Lipinski definition) is 2. The number of nitrogens with zero attached hydrogens (tertiary/aromatic N) is 1. The predicted molar refractivity (Wildman–Crippen MR) is 104 cm³/mol. The van der Waals surface area contributed by atoms with E-state index in [1.807, 2.05) is 30.3 Å². The van der Waals surface area contributed by atoms with Gasteiger partial charge in [0.1, 0.15) is 18.4 Å². The summed E-state index contributed by atoms with van der Waals surface area (Å²) in [6, 6.07) is 13.4. The monoisotopic (exact) mass is 402 g/mol. The summed E-state index contributed by atoms with van der Waals surface area (Å²) in [6.45, 7) is 0.790. The van der Waals surface area contributed by atoms with Crippen LogP contribution in [0.15, 0.2) is 54.6 Å². The molecule has 0 aliphatic rings. The number of carbonyl (C=O) groups is 2. The van der Waals surface area contributed by atoms with Crippen molar-refractivity contribution < 1.29 is 29.7 Å². The number of quaternary nitrogens is 1. The molecule has 0 saturated heterocycles. The maximum absolute atomic E-state index is 12.5. The van der Waals surface area contributed by atoms with Crippen LogP contribution in [0.25, 0.3) is 0 Å². The van der Waals surface area contributed by atoms with Gasteiger partial charge in [0.15, 0.2) is 0 Å². The molecule has 2 rings (SSSR count). The molecule has 9 nitrogen and oxygen atoms in total. The van der Waals surface area contributed by atoms with Gasteiger partial charge in [-0.25, -0.2) is 9.59 Å². The highest BCUT2D eigenvalue weighted by Crippen LogP contribution is 2.18. The zero-order chi connectivity index (χ0) is 21.1. The summed E-state index contributed by atoms with van der Waals surface area (Å²) in [7, 11) is 0. The molecule has 0 aliphatic heterocycles. The fraction of sp³-hybridized carbons (Fsp3) is 0.300. The van der Waals surface area contributed by atoms with Crippen molar-refractivity contribution in [3.63, 3.8) is 0 Å². The van der Waals surface area contributed by atoms with E-state index < -0.39 is 23.0 Å². The highest BCUT2D eigenvalue weighted by atomic mass is 16.6. The van der Waals surface area contributed by atoms with E-state index in [1.54, 1.807) is 0 Å². The molecule has 2 aromatic rings. The number of hydrogen-bond acceptors (Lipinski definition) is 6. The van der Waals surface area contributed by atoms with Gasteiger partial charge in [-0.1, -0.05) is 30.3 Å². The van der Waals surface area contributed by atoms with E-state index in [9.17, 15) is 19.7 Å². The fourth-order valence-electron chi connectivity index (χ4n) is 2.50. The van der Waals surface area contributed by atoms with Crippen molar-refractivity contribution in [2.24, 2.45) is 0 Å². The highest BCUT2D eigenvalue weighted by molar-refractivity contribution is 5.82. The van der Waals surface area contributed by atoms with Crippen molar-refractivity contribution in [1.82, 2.24) is 5.32 Å². The standard InChI is InChI=1S/C20H23N3O6/c21-13-5-4-8-18(22-20(25)28-14-15-6-2-1-3-7-15)19(24)29-17-11-9-16(10-12-17)23(26)27/h1-3,6-7,9-12,18H,4-5,8,13-14,21H2,(H,22,25)/p+1/t18-/m0/s1. The minimum atomic E-state index is -0.903. The molecular formula is C20H24N3O6+. The molecule has 0 aromatic heterocycles. The lowest BCUT2D eigenvalue weighted by molar-refractivity contribution is -0.384. The largest absolute Gasteiger partial charge is 0.445 e. The van der Waals surface area contributed by atoms with Gasteiger partial charge in [0, 0.05) is 12.1 Å². The molecule has 0 radical (unpaired) electrons. The van der Waals surface area contributed by atoms with Gasteiger partial charge in [-0.2, -0.15) is 0 Å². The van der Waals surface area contributed by atoms with E-state index >= 15 is 0 Å². The third kappa shape index (κ3) is 7.59. The van der Waals surface area contributed by atoms with E-state index in [-0.39, 0.29) is 18.0 Å². The summed E-state index contributed by atoms with van der Waals surface area (Å²) in [5.41, 5.74) is 4.47. The van der Waals surface area contributed by atoms with Crippen LogP contribution in [-0.2, 0) is 16.1 Å². The first-order valence-electron chi connectivity index (χ1n) is 9.22. The van der Waals surface area contributed by atoms with Crippen LogP contribution < -0.4 is 15.8 Å². The molecule has 2 aromatic carbocycles. The number of nitrogens with one attached hydrogen (secondary N) is 1. The molecule has 29 heavy (non-hydrogen) atoms. The first kappa shape index (κ1) is 21.8. The number of esters is 1. The van der Waals surface area contributed by atoms with Crippen molar-refractivity contribution in [3.8, 4) is 5.75 Å². The number of nitro groups is 1. The molecule has 0 saturated carbocycles. The Hall–Kier alpha value is -3.46. The zero-order valence-corrected chi connectivity index (χ0v) is 15.9. The van der Waals surface area contributed by atoms with Crippen LogP contribution >= 0.6 is 0 Å². The minimum absolute atomic E-state index is 0.0790. The Morgan fingerprint density at radius 3 is 2.38 bits per heavy atom. The van der Waals surface area contributed by atoms with Gasteiger partial charge in [0.25, 0.3) is 5.69 Å². The molecule has 154 valence electrons. The van der Waals surface area contributed by atoms with E-state index in [4.69, 9.17) is 9.47 Å². The molecule has 4 N–H and O–H groups in total. The highest BCUT2D eigenvalue weighted by Gasteiger charge is 2.23. The first-order chi connectivity index (χ1) is 14.0. The Balaban J connectivity index is 1.95. The van der Waals surface area contributed by atoms with Crippen molar-refractivity contribution in [3.05, 3.63) is 70.3 Å². The lowest BCUT2D eigenvalue weighted by Crippen LogP contribution is -2.50. The number of amides is 1. The number of carbonyl (C=O) groups excluding carboxylic acids is 2. The molecule has 0 spiro atoms. The second-order valence-electron chi connectivity index (χ2n) is 6.28. The first-order valence-corrected chi connectivity index (χ1v) is 9.22. The van der Waals surface area contributed by atoms with Gasteiger partial charge in [-0.05, 0) is 37.0 Å². The lowest BCUT2D eigenvalue weighted by atomic mass is 10.1. The summed E-state index contributed by atoms with van der Waals surface area (Å²) in [4.78, 5) is 34.8. The van der Waals surface area contributed by atoms with Crippen LogP contribution in [0.1, 0.15) is 24.8 Å². The number of unbranched alkanes of at least 4 members (excludes halogenated alkanes) is 1. The molecule has 0 fully saturated rings. The number of nitro benzene ring substituents is 1. The molecule has 0 aliphatic carbocycles. The summed E-state index contributed by atoms with van der Waals surface area (Å²) < 4.78 is 10.4. The average Bonchev–Trinajstić information content (AvgIpc) is 2.72. The Bertz CT molecular complexity index is 811. The summed E-state index contributed by atoms with van der Waals surface area (Å²) in [6.07, 6.45) is 1.10. The van der Waals surface area contributed by atoms with Crippen LogP contribution in [0.4, 0.5) is 10.5 Å². The van der Waals surface area contributed by atoms with Gasteiger partial charge < -0.3 is 20.5 Å². The zero-order valence-electron chi connectivity index (χ0n) is 15.9. The molecule has 0 unspecified atom stereocenters. The normalized spacial score (nSPS) is 11.3. The smallest absolute Gasteiger partial charge is 0.408 e. The molecule has 0 bridgehead atoms. The quantitative estimate of drug-likeness (QED) is 0.206. The second kappa shape index (κ2) is 11.4. The second-order valence-corrected chi connectivity index (χ2v) is 6.28. The summed E-state index contributed by atoms with van der Waals surface area (Å²) in [5.74, 6) is -0.512. The maximum atomic E-state index is 12.5. The Morgan fingerprint density at radius 2 is 1.76 bits per heavy atom. The van der Waals surface area contributed by atoms with E-state index in [0.717, 1.165) is 12.0 Å². The number of benzene rings is 2. The van der Waals surface area contributed by atoms with Crippen molar-refractivity contribution in [1.29, 1.82) is 0 Å². The molecule has 1 atom stereocenters. The van der Waals surface area contributed by atoms with Crippen LogP contribution in [0, 0.1) is 10.1 Å². The number of alkyl carbamates (subject to hydrolysis) is 1. The SMILES string of the molecule is [NH3+]CCCC[C@H](NC(=O)OCc1ccccc1)C(=O)Oc1ccc([N+](=O)[O-])cc1. The molecule has 9 heteroatoms. The third-order valence-electron chi connectivity index (χ3n) is 4.05. The van der Waals surface area contributed by atoms with E-state index in [0.29, 0.717) is 19.4 Å². The predicted octanol–water partition coefficient (Wildman–Crippen LogP) is 2.21. The van der Waals surface area contributed by atoms with Crippen molar-refractivity contribution in [2.45, 2.75) is 31.9 Å². The van der Waals surface area contributed by atoms with E-state index in [1.165, 1.54) is 24.3 Å². The van der Waals surface area contributed by atoms with Crippen LogP contribution in [0.2, 0.25) is 0 Å². The topological polar surface area (TPSA) is 135 Å². The minimum Gasteiger partial charge on any atom is -0.445 e. The lowest BCUT2D eigenvalue weighted by Gasteiger charge is -2.17. The number of non-ortho nitro benzene ring substituents is 1. The maximum Gasteiger partial charge on any atom is 0.408 e. The van der Waals surface area contributed by atoms with Gasteiger partial charge in [-0.3, -0.25) is 10.1 Å². The van der Waals surface area contributed by atoms with Crippen molar-refractivity contribution in [2.75, 3.05) is 6.54 Å². The van der Waals surface area contributed by atoms with Crippen molar-refractivity contribution >= 4 is 17.7 Å². The van der Waals surface area contributed by atoms with Crippen LogP contribution in [0.5, 0.6) is 5.75 Å². The fourth-order valence-corrected chi connectivity index (χ4v) is 2.50. The Kier molecular flexibility index (Phi) is 8.58. The van der Waals surface area contributed by atoms with E-state index in [2.05, 4.69) is 11.1 Å². The van der Waals surface area contributed by atoms with Crippen LogP contribution in [-0.4, -0.2) is 29.6 Å². The van der Waals surface area contributed by atoms with Crippen LogP contribution in [0.3, 0.4) is 0 Å². The number of rotatable bonds is 10. The van der Waals surface area contributed by atoms with Gasteiger partial charge >= 0.3 is 12.1 Å². The Labute approximate surface area is 168 Å². The molecular weight excluding hydrogens is 378 g/mol. The number of ether oxygens (including phenoxy) is 2. The summed E-state index contributed by atoms with van der Waals surface area (Å²) in [5, 5.41) is 13.2. The average molecular weight is 402 g/mol. The van der Waals surface area contributed by atoms with Gasteiger partial charge in [-0.15, -0.1) is 0 Å². The summed E-state index contributed by atoms with van der Waals surface area (Å²) >= 11 is 0. The third-order valence-corrected chi connectivity index (χ3v) is 4.05. The molecule has 0 heterocycles.